The Balaban J connectivity index is 1.53. The summed E-state index contributed by atoms with van der Waals surface area (Å²) < 4.78 is 5.49. The van der Waals surface area contributed by atoms with Crippen molar-refractivity contribution in [3.63, 3.8) is 0 Å². The number of carbonyl (C=O) groups is 3. The van der Waals surface area contributed by atoms with Gasteiger partial charge in [0, 0.05) is 36.6 Å². The summed E-state index contributed by atoms with van der Waals surface area (Å²) in [4.78, 5) is 47.6. The maximum absolute atomic E-state index is 13.4. The summed E-state index contributed by atoms with van der Waals surface area (Å²) in [7, 11) is 0. The van der Waals surface area contributed by atoms with E-state index < -0.39 is 11.3 Å². The number of nitrogens with one attached hydrogen (secondary N) is 1. The van der Waals surface area contributed by atoms with Crippen LogP contribution in [0.3, 0.4) is 0 Å². The van der Waals surface area contributed by atoms with E-state index in [1.807, 2.05) is 38.3 Å². The molecule has 8 nitrogen and oxygen atoms in total. The smallest absolute Gasteiger partial charge is 0.410 e. The number of rotatable bonds is 4. The van der Waals surface area contributed by atoms with Gasteiger partial charge < -0.3 is 19.9 Å². The molecule has 0 saturated carbocycles. The SMILES string of the molecule is CC(C)(C)OC(=O)N1CCC2(CC1)N=C(c1cccs1)C(=O)N2CC(=O)Nc1ccc(Cl)cc1. The Morgan fingerprint density at radius 1 is 1.18 bits per heavy atom. The van der Waals surface area contributed by atoms with Crippen LogP contribution < -0.4 is 5.32 Å². The fourth-order valence-electron chi connectivity index (χ4n) is 4.06. The van der Waals surface area contributed by atoms with E-state index >= 15 is 0 Å². The van der Waals surface area contributed by atoms with E-state index in [1.165, 1.54) is 11.3 Å². The molecule has 1 saturated heterocycles. The van der Waals surface area contributed by atoms with E-state index in [0.29, 0.717) is 42.4 Å². The number of hydrogen-bond acceptors (Lipinski definition) is 6. The molecule has 1 aromatic heterocycles. The largest absolute Gasteiger partial charge is 0.444 e. The molecule has 4 rings (SSSR count). The first-order valence-corrected chi connectivity index (χ1v) is 12.3. The van der Waals surface area contributed by atoms with Gasteiger partial charge >= 0.3 is 6.09 Å². The lowest BCUT2D eigenvalue weighted by molar-refractivity contribution is -0.134. The van der Waals surface area contributed by atoms with Crippen molar-refractivity contribution in [2.24, 2.45) is 4.99 Å². The number of thiophene rings is 1. The minimum absolute atomic E-state index is 0.147. The predicted octanol–water partition coefficient (Wildman–Crippen LogP) is 4.40. The molecule has 0 atom stereocenters. The zero-order chi connectivity index (χ0) is 24.5. The lowest BCUT2D eigenvalue weighted by Gasteiger charge is -2.42. The van der Waals surface area contributed by atoms with Gasteiger partial charge in [0.25, 0.3) is 5.91 Å². The van der Waals surface area contributed by atoms with Gasteiger partial charge in [0.1, 0.15) is 23.5 Å². The van der Waals surface area contributed by atoms with Gasteiger partial charge in [-0.25, -0.2) is 9.79 Å². The first-order valence-electron chi connectivity index (χ1n) is 11.1. The van der Waals surface area contributed by atoms with E-state index in [1.54, 1.807) is 34.1 Å². The van der Waals surface area contributed by atoms with Crippen molar-refractivity contribution >= 4 is 52.2 Å². The van der Waals surface area contributed by atoms with Gasteiger partial charge in [0.05, 0.1) is 4.88 Å². The topological polar surface area (TPSA) is 91.3 Å². The molecule has 0 radical (unpaired) electrons. The summed E-state index contributed by atoms with van der Waals surface area (Å²) in [6.07, 6.45) is 0.448. The van der Waals surface area contributed by atoms with Crippen LogP contribution in [0.2, 0.25) is 5.02 Å². The van der Waals surface area contributed by atoms with Crippen molar-refractivity contribution in [1.29, 1.82) is 0 Å². The number of carbonyl (C=O) groups excluding carboxylic acids is 3. The van der Waals surface area contributed by atoms with Crippen LogP contribution in [0.4, 0.5) is 10.5 Å². The van der Waals surface area contributed by atoms with Crippen LogP contribution in [-0.4, -0.2) is 64.3 Å². The van der Waals surface area contributed by atoms with E-state index in [-0.39, 0.29) is 24.5 Å². The summed E-state index contributed by atoms with van der Waals surface area (Å²) >= 11 is 7.35. The normalized spacial score (nSPS) is 17.6. The summed E-state index contributed by atoms with van der Waals surface area (Å²) in [6, 6.07) is 10.5. The first kappa shape index (κ1) is 24.2. The minimum atomic E-state index is -0.883. The first-order chi connectivity index (χ1) is 16.1. The third-order valence-corrected chi connectivity index (χ3v) is 6.80. The Morgan fingerprint density at radius 2 is 1.85 bits per heavy atom. The quantitative estimate of drug-likeness (QED) is 0.670. The van der Waals surface area contributed by atoms with E-state index in [2.05, 4.69) is 5.32 Å². The maximum Gasteiger partial charge on any atom is 0.410 e. The molecule has 2 aliphatic rings. The number of benzene rings is 1. The van der Waals surface area contributed by atoms with Gasteiger partial charge in [0.2, 0.25) is 5.91 Å². The van der Waals surface area contributed by atoms with Crippen LogP contribution in [-0.2, 0) is 14.3 Å². The standard InChI is InChI=1S/C24H27ClN4O4S/c1-23(2,3)33-22(32)28-12-10-24(11-13-28)27-20(18-5-4-14-34-18)21(31)29(24)15-19(30)26-17-8-6-16(25)7-9-17/h4-9,14H,10-13,15H2,1-3H3,(H,26,30). The van der Waals surface area contributed by atoms with Crippen LogP contribution in [0, 0.1) is 0 Å². The monoisotopic (exact) mass is 502 g/mol. The van der Waals surface area contributed by atoms with Crippen molar-refractivity contribution in [2.45, 2.75) is 44.9 Å². The average Bonchev–Trinajstić information content (AvgIpc) is 3.38. The third kappa shape index (κ3) is 5.26. The molecule has 0 unspecified atom stereocenters. The molecule has 2 aliphatic heterocycles. The molecule has 2 aromatic rings. The molecule has 1 aromatic carbocycles. The second-order valence-electron chi connectivity index (χ2n) is 9.33. The van der Waals surface area contributed by atoms with E-state index in [0.717, 1.165) is 4.88 Å². The predicted molar refractivity (Wildman–Crippen MR) is 132 cm³/mol. The summed E-state index contributed by atoms with van der Waals surface area (Å²) in [5, 5.41) is 5.27. The number of ether oxygens (including phenoxy) is 1. The van der Waals surface area contributed by atoms with E-state index in [4.69, 9.17) is 21.3 Å². The van der Waals surface area contributed by atoms with Crippen LogP contribution in [0.15, 0.2) is 46.8 Å². The molecule has 3 amide bonds. The number of halogens is 1. The van der Waals surface area contributed by atoms with Crippen molar-refractivity contribution in [1.82, 2.24) is 9.80 Å². The second-order valence-corrected chi connectivity index (χ2v) is 10.7. The molecule has 3 heterocycles. The molecule has 34 heavy (non-hydrogen) atoms. The van der Waals surface area contributed by atoms with Gasteiger partial charge in [0.15, 0.2) is 0 Å². The Kier molecular flexibility index (Phi) is 6.69. The highest BCUT2D eigenvalue weighted by atomic mass is 35.5. The van der Waals surface area contributed by atoms with E-state index in [9.17, 15) is 14.4 Å². The lowest BCUT2D eigenvalue weighted by atomic mass is 9.96. The number of aliphatic imine (C=N–C) groups is 1. The summed E-state index contributed by atoms with van der Waals surface area (Å²) in [5.74, 6) is -0.605. The molecule has 10 heteroatoms. The zero-order valence-electron chi connectivity index (χ0n) is 19.3. The number of amides is 3. The highest BCUT2D eigenvalue weighted by Crippen LogP contribution is 2.37. The van der Waals surface area contributed by atoms with Gasteiger partial charge in [-0.15, -0.1) is 11.3 Å². The van der Waals surface area contributed by atoms with Crippen molar-refractivity contribution in [2.75, 3.05) is 25.0 Å². The highest BCUT2D eigenvalue weighted by Gasteiger charge is 2.50. The number of nitrogens with zero attached hydrogens (tertiary/aromatic N) is 3. The second kappa shape index (κ2) is 9.38. The molecule has 0 aliphatic carbocycles. The molecular weight excluding hydrogens is 476 g/mol. The van der Waals surface area contributed by atoms with Gasteiger partial charge in [-0.2, -0.15) is 0 Å². The number of piperidine rings is 1. The molecule has 0 bridgehead atoms. The number of anilines is 1. The number of likely N-dealkylation sites (tertiary alicyclic amines) is 1. The Bertz CT molecular complexity index is 1100. The van der Waals surface area contributed by atoms with Gasteiger partial charge in [-0.3, -0.25) is 9.59 Å². The summed E-state index contributed by atoms with van der Waals surface area (Å²) in [6.45, 7) is 6.07. The zero-order valence-corrected chi connectivity index (χ0v) is 20.9. The van der Waals surface area contributed by atoms with Crippen molar-refractivity contribution in [3.8, 4) is 0 Å². The van der Waals surface area contributed by atoms with Gasteiger partial charge in [-0.05, 0) is 56.5 Å². The van der Waals surface area contributed by atoms with Gasteiger partial charge in [-0.1, -0.05) is 17.7 Å². The fourth-order valence-corrected chi connectivity index (χ4v) is 4.89. The van der Waals surface area contributed by atoms with Crippen LogP contribution in [0.25, 0.3) is 0 Å². The maximum atomic E-state index is 13.4. The molecule has 1 N–H and O–H groups in total. The fraction of sp³-hybridized carbons (Fsp3) is 0.417. The Hall–Kier alpha value is -2.91. The minimum Gasteiger partial charge on any atom is -0.444 e. The Morgan fingerprint density at radius 3 is 2.44 bits per heavy atom. The number of hydrogen-bond donors (Lipinski definition) is 1. The van der Waals surface area contributed by atoms with Crippen LogP contribution >= 0.6 is 22.9 Å². The third-order valence-electron chi connectivity index (χ3n) is 5.67. The molecule has 1 spiro atoms. The average molecular weight is 503 g/mol. The van der Waals surface area contributed by atoms with Crippen LogP contribution in [0.5, 0.6) is 0 Å². The molecule has 1 fully saturated rings. The Labute approximate surface area is 207 Å². The highest BCUT2D eigenvalue weighted by molar-refractivity contribution is 7.13. The summed E-state index contributed by atoms with van der Waals surface area (Å²) in [5.41, 5.74) is -0.521. The lowest BCUT2D eigenvalue weighted by Crippen LogP contribution is -2.56. The molecular formula is C24H27ClN4O4S. The molecule has 180 valence electrons. The van der Waals surface area contributed by atoms with Crippen molar-refractivity contribution < 1.29 is 19.1 Å². The van der Waals surface area contributed by atoms with Crippen LogP contribution in [0.1, 0.15) is 38.5 Å². The van der Waals surface area contributed by atoms with Crippen molar-refractivity contribution in [3.05, 3.63) is 51.7 Å².